The molecule has 6 nitrogen and oxygen atoms in total. The summed E-state index contributed by atoms with van der Waals surface area (Å²) in [6.45, 7) is 5.11. The largest absolute Gasteiger partial charge is 0.394 e. The Morgan fingerprint density at radius 1 is 1.56 bits per heavy atom. The molecule has 18 heavy (non-hydrogen) atoms. The normalized spacial score (nSPS) is 35.8. The molecular formula is C12H22N2O4. The highest BCUT2D eigenvalue weighted by Gasteiger charge is 2.39. The van der Waals surface area contributed by atoms with Crippen LogP contribution in [0.2, 0.25) is 0 Å². The number of ether oxygens (including phenoxy) is 1. The molecule has 104 valence electrons. The van der Waals surface area contributed by atoms with Crippen LogP contribution in [0.1, 0.15) is 20.3 Å². The van der Waals surface area contributed by atoms with Crippen LogP contribution >= 0.6 is 0 Å². The second-order valence-electron chi connectivity index (χ2n) is 5.75. The molecule has 0 aromatic heterocycles. The lowest BCUT2D eigenvalue weighted by Crippen LogP contribution is -2.58. The van der Waals surface area contributed by atoms with Crippen LogP contribution in [0.3, 0.4) is 0 Å². The molecule has 6 heteroatoms. The van der Waals surface area contributed by atoms with Crippen LogP contribution in [0.15, 0.2) is 0 Å². The third kappa shape index (κ3) is 3.00. The molecule has 2 rings (SSSR count). The summed E-state index contributed by atoms with van der Waals surface area (Å²) in [5.41, 5.74) is -0.446. The van der Waals surface area contributed by atoms with Gasteiger partial charge in [-0.2, -0.15) is 0 Å². The topological polar surface area (TPSA) is 82.0 Å². The summed E-state index contributed by atoms with van der Waals surface area (Å²) in [4.78, 5) is 14.0. The Morgan fingerprint density at radius 2 is 2.28 bits per heavy atom. The van der Waals surface area contributed by atoms with E-state index in [0.717, 1.165) is 0 Å². The molecule has 3 N–H and O–H groups in total. The lowest BCUT2D eigenvalue weighted by molar-refractivity contribution is -0.168. The monoisotopic (exact) mass is 258 g/mol. The Kier molecular flexibility index (Phi) is 3.91. The average molecular weight is 258 g/mol. The summed E-state index contributed by atoms with van der Waals surface area (Å²) >= 11 is 0. The highest BCUT2D eigenvalue weighted by atomic mass is 16.5. The van der Waals surface area contributed by atoms with Gasteiger partial charge in [0.15, 0.2) is 0 Å². The number of nitrogens with one attached hydrogen (secondary N) is 1. The minimum Gasteiger partial charge on any atom is -0.394 e. The SMILES string of the molecule is CC1(C)CN(C(=O)C2CC(O)CN2)CC(CO)O1. The van der Waals surface area contributed by atoms with Crippen molar-refractivity contribution in [3.63, 3.8) is 0 Å². The van der Waals surface area contributed by atoms with Crippen molar-refractivity contribution < 1.29 is 19.7 Å². The molecule has 0 aromatic rings. The van der Waals surface area contributed by atoms with Gasteiger partial charge in [0, 0.05) is 19.6 Å². The number of amides is 1. The quantitative estimate of drug-likeness (QED) is 0.574. The summed E-state index contributed by atoms with van der Waals surface area (Å²) < 4.78 is 5.67. The Labute approximate surface area is 107 Å². The van der Waals surface area contributed by atoms with E-state index in [2.05, 4.69) is 5.32 Å². The van der Waals surface area contributed by atoms with Gasteiger partial charge >= 0.3 is 0 Å². The number of hydrogen-bond acceptors (Lipinski definition) is 5. The van der Waals surface area contributed by atoms with Crippen molar-refractivity contribution in [1.29, 1.82) is 0 Å². The number of aliphatic hydroxyl groups is 2. The maximum Gasteiger partial charge on any atom is 0.240 e. The highest BCUT2D eigenvalue weighted by Crippen LogP contribution is 2.22. The lowest BCUT2D eigenvalue weighted by atomic mass is 10.0. The van der Waals surface area contributed by atoms with Crippen LogP contribution < -0.4 is 5.32 Å². The molecule has 0 saturated carbocycles. The van der Waals surface area contributed by atoms with E-state index in [9.17, 15) is 15.0 Å². The molecule has 1 amide bonds. The number of rotatable bonds is 2. The standard InChI is InChI=1S/C12H22N2O4/c1-12(2)7-14(5-9(6-15)18-12)11(17)10-3-8(16)4-13-10/h8-10,13,15-16H,3-7H2,1-2H3. The third-order valence-electron chi connectivity index (χ3n) is 3.40. The minimum atomic E-state index is -0.446. The van der Waals surface area contributed by atoms with Crippen molar-refractivity contribution in [3.05, 3.63) is 0 Å². The molecule has 3 unspecified atom stereocenters. The van der Waals surface area contributed by atoms with Gasteiger partial charge in [0.1, 0.15) is 0 Å². The van der Waals surface area contributed by atoms with E-state index in [0.29, 0.717) is 26.1 Å². The predicted molar refractivity (Wildman–Crippen MR) is 65.0 cm³/mol. The average Bonchev–Trinajstić information content (AvgIpc) is 2.72. The molecule has 2 saturated heterocycles. The van der Waals surface area contributed by atoms with E-state index in [1.165, 1.54) is 0 Å². The zero-order chi connectivity index (χ0) is 13.3. The van der Waals surface area contributed by atoms with Gasteiger partial charge in [0.25, 0.3) is 0 Å². The van der Waals surface area contributed by atoms with E-state index in [1.54, 1.807) is 4.90 Å². The summed E-state index contributed by atoms with van der Waals surface area (Å²) in [6.07, 6.45) is -0.314. The molecule has 0 spiro atoms. The maximum atomic E-state index is 12.3. The summed E-state index contributed by atoms with van der Waals surface area (Å²) in [7, 11) is 0. The van der Waals surface area contributed by atoms with E-state index >= 15 is 0 Å². The Bertz CT molecular complexity index is 321. The number of hydrogen-bond donors (Lipinski definition) is 3. The van der Waals surface area contributed by atoms with Crippen LogP contribution in [0, 0.1) is 0 Å². The second-order valence-corrected chi connectivity index (χ2v) is 5.75. The number of morpholine rings is 1. The second kappa shape index (κ2) is 5.13. The van der Waals surface area contributed by atoms with Gasteiger partial charge in [0.2, 0.25) is 5.91 Å². The summed E-state index contributed by atoms with van der Waals surface area (Å²) in [5, 5.41) is 21.7. The van der Waals surface area contributed by atoms with Gasteiger partial charge in [-0.1, -0.05) is 0 Å². The molecule has 0 aliphatic carbocycles. The van der Waals surface area contributed by atoms with Crippen LogP contribution in [-0.4, -0.2) is 71.1 Å². The van der Waals surface area contributed by atoms with Crippen LogP contribution in [0.25, 0.3) is 0 Å². The first-order valence-electron chi connectivity index (χ1n) is 6.40. The van der Waals surface area contributed by atoms with Crippen LogP contribution in [-0.2, 0) is 9.53 Å². The first-order chi connectivity index (χ1) is 8.41. The first-order valence-corrected chi connectivity index (χ1v) is 6.40. The predicted octanol–water partition coefficient (Wildman–Crippen LogP) is -1.29. The molecule has 0 aromatic carbocycles. The summed E-state index contributed by atoms with van der Waals surface area (Å²) in [6, 6.07) is -0.312. The Hall–Kier alpha value is -0.690. The minimum absolute atomic E-state index is 0.0126. The fourth-order valence-corrected chi connectivity index (χ4v) is 2.68. The van der Waals surface area contributed by atoms with Crippen molar-refractivity contribution in [2.75, 3.05) is 26.2 Å². The van der Waals surface area contributed by atoms with Gasteiger partial charge < -0.3 is 25.2 Å². The van der Waals surface area contributed by atoms with Gasteiger partial charge in [0.05, 0.1) is 30.5 Å². The lowest BCUT2D eigenvalue weighted by Gasteiger charge is -2.43. The zero-order valence-electron chi connectivity index (χ0n) is 10.9. The maximum absolute atomic E-state index is 12.3. The van der Waals surface area contributed by atoms with Crippen molar-refractivity contribution in [2.45, 2.75) is 44.1 Å². The molecule has 2 heterocycles. The molecule has 0 bridgehead atoms. The zero-order valence-corrected chi connectivity index (χ0v) is 10.9. The van der Waals surface area contributed by atoms with Crippen LogP contribution in [0.5, 0.6) is 0 Å². The van der Waals surface area contributed by atoms with E-state index in [4.69, 9.17) is 4.74 Å². The van der Waals surface area contributed by atoms with Crippen molar-refractivity contribution in [2.24, 2.45) is 0 Å². The van der Waals surface area contributed by atoms with E-state index < -0.39 is 11.7 Å². The van der Waals surface area contributed by atoms with E-state index in [-0.39, 0.29) is 24.7 Å². The van der Waals surface area contributed by atoms with E-state index in [1.807, 2.05) is 13.8 Å². The third-order valence-corrected chi connectivity index (χ3v) is 3.40. The van der Waals surface area contributed by atoms with Crippen LogP contribution in [0.4, 0.5) is 0 Å². The number of aliphatic hydroxyl groups excluding tert-OH is 2. The Morgan fingerprint density at radius 3 is 2.83 bits per heavy atom. The smallest absolute Gasteiger partial charge is 0.240 e. The number of β-amino-alcohol motifs (C(OH)–C–C–N with tert-alkyl or cyclic N) is 1. The van der Waals surface area contributed by atoms with Gasteiger partial charge in [-0.15, -0.1) is 0 Å². The fraction of sp³-hybridized carbons (Fsp3) is 0.917. The first kappa shape index (κ1) is 13.7. The van der Waals surface area contributed by atoms with Gasteiger partial charge in [-0.25, -0.2) is 0 Å². The highest BCUT2D eigenvalue weighted by molar-refractivity contribution is 5.82. The fourth-order valence-electron chi connectivity index (χ4n) is 2.68. The van der Waals surface area contributed by atoms with Crippen molar-refractivity contribution in [3.8, 4) is 0 Å². The molecule has 2 aliphatic heterocycles. The molecular weight excluding hydrogens is 236 g/mol. The summed E-state index contributed by atoms with van der Waals surface area (Å²) in [5.74, 6) is -0.0126. The number of nitrogens with zero attached hydrogens (tertiary/aromatic N) is 1. The number of carbonyl (C=O) groups is 1. The van der Waals surface area contributed by atoms with Gasteiger partial charge in [-0.05, 0) is 20.3 Å². The molecule has 2 aliphatic rings. The van der Waals surface area contributed by atoms with Crippen molar-refractivity contribution >= 4 is 5.91 Å². The molecule has 0 radical (unpaired) electrons. The molecule has 2 fully saturated rings. The van der Waals surface area contributed by atoms with Crippen molar-refractivity contribution in [1.82, 2.24) is 10.2 Å². The van der Waals surface area contributed by atoms with Gasteiger partial charge in [-0.3, -0.25) is 4.79 Å². The number of carbonyl (C=O) groups excluding carboxylic acids is 1. The molecule has 3 atom stereocenters. The Balaban J connectivity index is 2.00.